The molecule has 0 spiro atoms. The second kappa shape index (κ2) is 3.37. The predicted molar refractivity (Wildman–Crippen MR) is 45.4 cm³/mol. The molecule has 0 saturated carbocycles. The van der Waals surface area contributed by atoms with Crippen molar-refractivity contribution >= 4 is 11.4 Å². The van der Waals surface area contributed by atoms with Crippen molar-refractivity contribution in [1.82, 2.24) is 0 Å². The van der Waals surface area contributed by atoms with Crippen LogP contribution in [0.5, 0.6) is 0 Å². The van der Waals surface area contributed by atoms with E-state index in [1.54, 1.807) is 24.3 Å². The average molecular weight is 152 g/mol. The van der Waals surface area contributed by atoms with Crippen molar-refractivity contribution in [2.45, 2.75) is 6.92 Å². The molecule has 0 aliphatic carbocycles. The summed E-state index contributed by atoms with van der Waals surface area (Å²) in [7, 11) is 0. The summed E-state index contributed by atoms with van der Waals surface area (Å²) in [5.74, 6) is 0. The summed E-state index contributed by atoms with van der Waals surface area (Å²) in [6, 6.07) is 7.04. The maximum absolute atomic E-state index is 11.1. The highest BCUT2D eigenvalue weighted by atomic mass is 16.5. The van der Waals surface area contributed by atoms with E-state index in [9.17, 15) is 5.21 Å². The Bertz CT molecular complexity index is 237. The van der Waals surface area contributed by atoms with E-state index < -0.39 is 0 Å². The zero-order valence-corrected chi connectivity index (χ0v) is 6.50. The second-order valence-corrected chi connectivity index (χ2v) is 2.40. The molecule has 1 aromatic rings. The SMILES string of the molecule is CC[NH+]([O-])c1cccc(N)c1. The average Bonchev–Trinajstić information content (AvgIpc) is 2.03. The van der Waals surface area contributed by atoms with Crippen LogP contribution < -0.4 is 10.8 Å². The summed E-state index contributed by atoms with van der Waals surface area (Å²) in [6.07, 6.45) is 0. The minimum absolute atomic E-state index is 0.136. The largest absolute Gasteiger partial charge is 0.629 e. The van der Waals surface area contributed by atoms with Crippen LogP contribution in [0.15, 0.2) is 24.3 Å². The molecule has 0 radical (unpaired) electrons. The molecule has 60 valence electrons. The summed E-state index contributed by atoms with van der Waals surface area (Å²) in [5, 5.41) is 11.2. The molecule has 1 rings (SSSR count). The number of rotatable bonds is 2. The Balaban J connectivity index is 2.86. The summed E-state index contributed by atoms with van der Waals surface area (Å²) >= 11 is 0. The Morgan fingerprint density at radius 3 is 2.82 bits per heavy atom. The van der Waals surface area contributed by atoms with E-state index in [4.69, 9.17) is 5.73 Å². The van der Waals surface area contributed by atoms with Crippen molar-refractivity contribution in [3.63, 3.8) is 0 Å². The summed E-state index contributed by atoms with van der Waals surface area (Å²) in [4.78, 5) is 0. The standard InChI is InChI=1S/C8H12N2O/c1-2-10(11)8-5-3-4-7(9)6-8/h3-6,10H,2,9H2,1H3. The fourth-order valence-corrected chi connectivity index (χ4v) is 0.916. The summed E-state index contributed by atoms with van der Waals surface area (Å²) in [6.45, 7) is 2.37. The van der Waals surface area contributed by atoms with E-state index in [1.165, 1.54) is 0 Å². The highest BCUT2D eigenvalue weighted by Gasteiger charge is 1.98. The molecule has 0 bridgehead atoms. The normalized spacial score (nSPS) is 12.9. The first-order valence-corrected chi connectivity index (χ1v) is 3.62. The highest BCUT2D eigenvalue weighted by molar-refractivity contribution is 5.46. The van der Waals surface area contributed by atoms with Crippen molar-refractivity contribution in [3.8, 4) is 0 Å². The Hall–Kier alpha value is -1.06. The van der Waals surface area contributed by atoms with Gasteiger partial charge in [-0.25, -0.2) is 0 Å². The minimum atomic E-state index is 0.136. The van der Waals surface area contributed by atoms with Crippen LogP contribution in [0, 0.1) is 5.21 Å². The maximum atomic E-state index is 11.1. The van der Waals surface area contributed by atoms with Crippen LogP contribution in [0.25, 0.3) is 0 Å². The van der Waals surface area contributed by atoms with Crippen molar-refractivity contribution in [2.75, 3.05) is 12.3 Å². The number of hydrogen-bond acceptors (Lipinski definition) is 2. The molecule has 0 aliphatic heterocycles. The topological polar surface area (TPSA) is 53.5 Å². The molecule has 1 aromatic carbocycles. The van der Waals surface area contributed by atoms with E-state index in [1.807, 2.05) is 6.92 Å². The first-order chi connectivity index (χ1) is 5.24. The number of nitrogens with two attached hydrogens (primary N) is 1. The monoisotopic (exact) mass is 152 g/mol. The van der Waals surface area contributed by atoms with Crippen LogP contribution >= 0.6 is 0 Å². The third-order valence-corrected chi connectivity index (χ3v) is 1.53. The van der Waals surface area contributed by atoms with Crippen LogP contribution in [0.3, 0.4) is 0 Å². The zero-order chi connectivity index (χ0) is 8.27. The first kappa shape index (κ1) is 8.04. The number of anilines is 1. The molecule has 0 aliphatic rings. The molecule has 0 saturated heterocycles. The number of quaternary nitrogens is 1. The van der Waals surface area contributed by atoms with Crippen LogP contribution in [0.2, 0.25) is 0 Å². The van der Waals surface area contributed by atoms with Crippen molar-refractivity contribution in [2.24, 2.45) is 0 Å². The van der Waals surface area contributed by atoms with Gasteiger partial charge in [0.25, 0.3) is 0 Å². The molecule has 0 aromatic heterocycles. The second-order valence-electron chi connectivity index (χ2n) is 2.40. The van der Waals surface area contributed by atoms with Crippen LogP contribution in [-0.2, 0) is 0 Å². The Kier molecular flexibility index (Phi) is 2.46. The number of nitrogen functional groups attached to an aromatic ring is 1. The van der Waals surface area contributed by atoms with Gasteiger partial charge >= 0.3 is 0 Å². The lowest BCUT2D eigenvalue weighted by Crippen LogP contribution is -3.01. The van der Waals surface area contributed by atoms with Gasteiger partial charge in [0.2, 0.25) is 0 Å². The van der Waals surface area contributed by atoms with Gasteiger partial charge < -0.3 is 16.0 Å². The van der Waals surface area contributed by atoms with Gasteiger partial charge in [0.05, 0.1) is 6.54 Å². The molecule has 0 heterocycles. The maximum Gasteiger partial charge on any atom is 0.133 e. The van der Waals surface area contributed by atoms with Crippen molar-refractivity contribution < 1.29 is 5.06 Å². The van der Waals surface area contributed by atoms with Gasteiger partial charge in [-0.05, 0) is 19.1 Å². The summed E-state index contributed by atoms with van der Waals surface area (Å²) in [5.41, 5.74) is 6.84. The molecule has 11 heavy (non-hydrogen) atoms. The van der Waals surface area contributed by atoms with Gasteiger partial charge in [0, 0.05) is 11.8 Å². The first-order valence-electron chi connectivity index (χ1n) is 3.62. The Morgan fingerprint density at radius 2 is 2.27 bits per heavy atom. The lowest BCUT2D eigenvalue weighted by molar-refractivity contribution is -0.773. The van der Waals surface area contributed by atoms with Crippen LogP contribution in [-0.4, -0.2) is 6.54 Å². The number of hydroxylamine groups is 1. The van der Waals surface area contributed by atoms with E-state index >= 15 is 0 Å². The lowest BCUT2D eigenvalue weighted by atomic mass is 10.3. The molecular formula is C8H12N2O. The van der Waals surface area contributed by atoms with Gasteiger partial charge in [-0.2, -0.15) is 0 Å². The van der Waals surface area contributed by atoms with Gasteiger partial charge in [0.15, 0.2) is 0 Å². The molecule has 1 unspecified atom stereocenters. The third-order valence-electron chi connectivity index (χ3n) is 1.53. The fraction of sp³-hybridized carbons (Fsp3) is 0.250. The molecule has 3 heteroatoms. The smallest absolute Gasteiger partial charge is 0.133 e. The molecule has 0 fully saturated rings. The molecule has 1 atom stereocenters. The Labute approximate surface area is 66.0 Å². The zero-order valence-electron chi connectivity index (χ0n) is 6.50. The third kappa shape index (κ3) is 1.93. The van der Waals surface area contributed by atoms with Crippen LogP contribution in [0.1, 0.15) is 6.92 Å². The quantitative estimate of drug-likeness (QED) is 0.473. The predicted octanol–water partition coefficient (Wildman–Crippen LogP) is 0.303. The number of benzene rings is 1. The van der Waals surface area contributed by atoms with Gasteiger partial charge in [-0.3, -0.25) is 0 Å². The molecule has 3 N–H and O–H groups in total. The molecular weight excluding hydrogens is 140 g/mol. The van der Waals surface area contributed by atoms with Crippen LogP contribution in [0.4, 0.5) is 11.4 Å². The van der Waals surface area contributed by atoms with Gasteiger partial charge in [0.1, 0.15) is 5.69 Å². The fourth-order valence-electron chi connectivity index (χ4n) is 0.916. The van der Waals surface area contributed by atoms with E-state index in [0.717, 1.165) is 0 Å². The molecule has 3 nitrogen and oxygen atoms in total. The Morgan fingerprint density at radius 1 is 1.55 bits per heavy atom. The highest BCUT2D eigenvalue weighted by Crippen LogP contribution is 2.06. The minimum Gasteiger partial charge on any atom is -0.629 e. The number of hydrogen-bond donors (Lipinski definition) is 2. The van der Waals surface area contributed by atoms with E-state index in [-0.39, 0.29) is 5.06 Å². The van der Waals surface area contributed by atoms with E-state index in [0.29, 0.717) is 17.9 Å². The molecule has 0 amide bonds. The van der Waals surface area contributed by atoms with E-state index in [2.05, 4.69) is 0 Å². The van der Waals surface area contributed by atoms with Gasteiger partial charge in [-0.1, -0.05) is 6.07 Å². The number of nitrogens with one attached hydrogen (secondary N) is 1. The summed E-state index contributed by atoms with van der Waals surface area (Å²) < 4.78 is 0. The van der Waals surface area contributed by atoms with Gasteiger partial charge in [-0.15, -0.1) is 0 Å². The lowest BCUT2D eigenvalue weighted by Gasteiger charge is -2.19. The van der Waals surface area contributed by atoms with Crippen molar-refractivity contribution in [1.29, 1.82) is 0 Å². The van der Waals surface area contributed by atoms with Crippen molar-refractivity contribution in [3.05, 3.63) is 29.5 Å².